The fourth-order valence-electron chi connectivity index (χ4n) is 2.18. The summed E-state index contributed by atoms with van der Waals surface area (Å²) in [5.74, 6) is 0. The molecule has 1 atom stereocenters. The SMILES string of the molecule is Cc1cc(C(N)Cc2c(C)nn(C)c2Cl)c(C)nn1. The Morgan fingerprint density at radius 1 is 1.26 bits per heavy atom. The van der Waals surface area contributed by atoms with Crippen LogP contribution in [0, 0.1) is 20.8 Å². The number of halogens is 1. The van der Waals surface area contributed by atoms with E-state index in [2.05, 4.69) is 15.3 Å². The molecule has 0 fully saturated rings. The van der Waals surface area contributed by atoms with Gasteiger partial charge >= 0.3 is 0 Å². The summed E-state index contributed by atoms with van der Waals surface area (Å²) in [6.45, 7) is 5.77. The third-order valence-electron chi connectivity index (χ3n) is 3.23. The van der Waals surface area contributed by atoms with Crippen molar-refractivity contribution in [1.82, 2.24) is 20.0 Å². The molecule has 0 aliphatic heterocycles. The molecular weight excluding hydrogens is 262 g/mol. The van der Waals surface area contributed by atoms with Gasteiger partial charge in [-0.05, 0) is 38.8 Å². The normalized spacial score (nSPS) is 12.7. The lowest BCUT2D eigenvalue weighted by molar-refractivity contribution is 0.697. The lowest BCUT2D eigenvalue weighted by Crippen LogP contribution is -2.16. The van der Waals surface area contributed by atoms with E-state index in [-0.39, 0.29) is 6.04 Å². The van der Waals surface area contributed by atoms with Gasteiger partial charge in [0.15, 0.2) is 0 Å². The highest BCUT2D eigenvalue weighted by molar-refractivity contribution is 6.30. The van der Waals surface area contributed by atoms with Crippen molar-refractivity contribution in [2.24, 2.45) is 12.8 Å². The van der Waals surface area contributed by atoms with Crippen LogP contribution < -0.4 is 5.73 Å². The van der Waals surface area contributed by atoms with Gasteiger partial charge in [0.25, 0.3) is 0 Å². The number of aromatic nitrogens is 4. The minimum atomic E-state index is -0.158. The lowest BCUT2D eigenvalue weighted by Gasteiger charge is -2.14. The van der Waals surface area contributed by atoms with Gasteiger partial charge in [-0.25, -0.2) is 0 Å². The van der Waals surface area contributed by atoms with Crippen LogP contribution in [0.1, 0.15) is 34.3 Å². The van der Waals surface area contributed by atoms with Crippen LogP contribution in [0.2, 0.25) is 5.15 Å². The second-order valence-corrected chi connectivity index (χ2v) is 5.17. The maximum Gasteiger partial charge on any atom is 0.130 e. The zero-order valence-electron chi connectivity index (χ0n) is 11.6. The Bertz CT molecular complexity index is 605. The van der Waals surface area contributed by atoms with Gasteiger partial charge in [-0.1, -0.05) is 11.6 Å². The second-order valence-electron chi connectivity index (χ2n) is 4.82. The van der Waals surface area contributed by atoms with Crippen molar-refractivity contribution in [3.05, 3.63) is 39.4 Å². The van der Waals surface area contributed by atoms with Crippen LogP contribution in [0.4, 0.5) is 0 Å². The minimum Gasteiger partial charge on any atom is -0.324 e. The van der Waals surface area contributed by atoms with Crippen LogP contribution in [0.3, 0.4) is 0 Å². The molecule has 102 valence electrons. The Kier molecular flexibility index (Phi) is 3.87. The third-order valence-corrected chi connectivity index (χ3v) is 3.71. The highest BCUT2D eigenvalue weighted by Crippen LogP contribution is 2.25. The fraction of sp³-hybridized carbons (Fsp3) is 0.462. The maximum atomic E-state index is 6.28. The van der Waals surface area contributed by atoms with E-state index in [9.17, 15) is 0 Å². The third kappa shape index (κ3) is 2.77. The quantitative estimate of drug-likeness (QED) is 0.933. The number of hydrogen-bond donors (Lipinski definition) is 1. The Balaban J connectivity index is 2.30. The van der Waals surface area contributed by atoms with Crippen LogP contribution in [0.15, 0.2) is 6.07 Å². The van der Waals surface area contributed by atoms with Gasteiger partial charge < -0.3 is 5.73 Å². The number of hydrogen-bond acceptors (Lipinski definition) is 4. The zero-order chi connectivity index (χ0) is 14.2. The summed E-state index contributed by atoms with van der Waals surface area (Å²) in [6.07, 6.45) is 0.643. The first-order valence-corrected chi connectivity index (χ1v) is 6.52. The van der Waals surface area contributed by atoms with Gasteiger partial charge in [-0.3, -0.25) is 4.68 Å². The van der Waals surface area contributed by atoms with E-state index >= 15 is 0 Å². The summed E-state index contributed by atoms with van der Waals surface area (Å²) >= 11 is 6.23. The van der Waals surface area contributed by atoms with E-state index < -0.39 is 0 Å². The average Bonchev–Trinajstić information content (AvgIpc) is 2.59. The number of nitrogens with zero attached hydrogens (tertiary/aromatic N) is 4. The first kappa shape index (κ1) is 14.0. The largest absolute Gasteiger partial charge is 0.324 e. The monoisotopic (exact) mass is 279 g/mol. The van der Waals surface area contributed by atoms with E-state index in [4.69, 9.17) is 17.3 Å². The summed E-state index contributed by atoms with van der Waals surface area (Å²) < 4.78 is 1.67. The van der Waals surface area contributed by atoms with Crippen LogP contribution in [0.25, 0.3) is 0 Å². The van der Waals surface area contributed by atoms with Crippen LogP contribution in [0.5, 0.6) is 0 Å². The fourth-order valence-corrected chi connectivity index (χ4v) is 2.43. The van der Waals surface area contributed by atoms with Crippen molar-refractivity contribution in [3.63, 3.8) is 0 Å². The predicted octanol–water partition coefficient (Wildman–Crippen LogP) is 2.03. The summed E-state index contributed by atoms with van der Waals surface area (Å²) in [4.78, 5) is 0. The smallest absolute Gasteiger partial charge is 0.130 e. The summed E-state index contributed by atoms with van der Waals surface area (Å²) in [7, 11) is 1.83. The molecular formula is C13H18ClN5. The molecule has 0 spiro atoms. The Morgan fingerprint density at radius 2 is 1.95 bits per heavy atom. The Labute approximate surface area is 117 Å². The highest BCUT2D eigenvalue weighted by Gasteiger charge is 2.17. The molecule has 0 aliphatic rings. The van der Waals surface area contributed by atoms with Crippen LogP contribution in [-0.2, 0) is 13.5 Å². The molecule has 2 heterocycles. The summed E-state index contributed by atoms with van der Waals surface area (Å²) in [6, 6.07) is 1.82. The van der Waals surface area contributed by atoms with E-state index in [1.54, 1.807) is 4.68 Å². The Hall–Kier alpha value is -1.46. The predicted molar refractivity (Wildman–Crippen MR) is 75.1 cm³/mol. The molecule has 2 N–H and O–H groups in total. The molecule has 19 heavy (non-hydrogen) atoms. The molecule has 2 aromatic rings. The van der Waals surface area contributed by atoms with Crippen molar-refractivity contribution < 1.29 is 0 Å². The van der Waals surface area contributed by atoms with Gasteiger partial charge in [0.1, 0.15) is 5.15 Å². The zero-order valence-corrected chi connectivity index (χ0v) is 12.4. The summed E-state index contributed by atoms with van der Waals surface area (Å²) in [5.41, 5.74) is 10.9. The van der Waals surface area contributed by atoms with E-state index in [0.717, 1.165) is 28.2 Å². The molecule has 0 saturated heterocycles. The van der Waals surface area contributed by atoms with Crippen LogP contribution >= 0.6 is 11.6 Å². The van der Waals surface area contributed by atoms with Crippen molar-refractivity contribution in [2.45, 2.75) is 33.2 Å². The van der Waals surface area contributed by atoms with Crippen molar-refractivity contribution >= 4 is 11.6 Å². The molecule has 6 heteroatoms. The van der Waals surface area contributed by atoms with Gasteiger partial charge in [-0.2, -0.15) is 15.3 Å². The molecule has 0 bridgehead atoms. The molecule has 0 aromatic carbocycles. The van der Waals surface area contributed by atoms with E-state index in [1.165, 1.54) is 0 Å². The van der Waals surface area contributed by atoms with Gasteiger partial charge in [0.2, 0.25) is 0 Å². The van der Waals surface area contributed by atoms with E-state index in [1.807, 2.05) is 33.9 Å². The topological polar surface area (TPSA) is 69.6 Å². The highest BCUT2D eigenvalue weighted by atomic mass is 35.5. The molecule has 0 amide bonds. The Morgan fingerprint density at radius 3 is 2.53 bits per heavy atom. The molecule has 5 nitrogen and oxygen atoms in total. The van der Waals surface area contributed by atoms with Crippen molar-refractivity contribution in [1.29, 1.82) is 0 Å². The number of nitrogens with two attached hydrogens (primary N) is 1. The first-order valence-electron chi connectivity index (χ1n) is 6.14. The molecule has 1 unspecified atom stereocenters. The summed E-state index contributed by atoms with van der Waals surface area (Å²) in [5, 5.41) is 13.1. The number of aryl methyl sites for hydroxylation is 4. The maximum absolute atomic E-state index is 6.28. The van der Waals surface area contributed by atoms with Crippen molar-refractivity contribution in [2.75, 3.05) is 0 Å². The average molecular weight is 280 g/mol. The molecule has 2 rings (SSSR count). The molecule has 0 radical (unpaired) electrons. The molecule has 0 saturated carbocycles. The molecule has 0 aliphatic carbocycles. The first-order chi connectivity index (χ1) is 8.90. The van der Waals surface area contributed by atoms with Crippen molar-refractivity contribution in [3.8, 4) is 0 Å². The minimum absolute atomic E-state index is 0.158. The van der Waals surface area contributed by atoms with Crippen LogP contribution in [-0.4, -0.2) is 20.0 Å². The van der Waals surface area contributed by atoms with E-state index in [0.29, 0.717) is 11.6 Å². The standard InChI is InChI=1S/C13H18ClN5/c1-7-5-10(8(2)17-16-7)12(15)6-11-9(3)18-19(4)13(11)14/h5,12H,6,15H2,1-4H3. The second kappa shape index (κ2) is 5.27. The molecule has 2 aromatic heterocycles. The van der Waals surface area contributed by atoms with Gasteiger partial charge in [0, 0.05) is 18.7 Å². The number of rotatable bonds is 3. The van der Waals surface area contributed by atoms with Gasteiger partial charge in [-0.15, -0.1) is 0 Å². The lowest BCUT2D eigenvalue weighted by atomic mass is 9.99. The van der Waals surface area contributed by atoms with Gasteiger partial charge in [0.05, 0.1) is 17.1 Å².